The molecule has 0 radical (unpaired) electrons. The number of imidazole rings is 2. The number of fused-ring (bicyclic) bond motifs is 4. The SMILES string of the molecule is C[C@@H](OC1COP(=O)(S)O[C@H]2CC(CCC1F)OC2n1cnc2c(=O)[nH]c(N)nc21)n1cnc2c(N)ncnc21. The summed E-state index contributed by atoms with van der Waals surface area (Å²) in [5.41, 5.74) is 12.1. The second-order valence-electron chi connectivity index (χ2n) is 9.52. The number of H-pyrrole nitrogens is 1. The van der Waals surface area contributed by atoms with Crippen molar-refractivity contribution in [2.75, 3.05) is 18.1 Å². The minimum absolute atomic E-state index is 0.0455. The molecule has 7 atom stereocenters. The van der Waals surface area contributed by atoms with Crippen LogP contribution in [-0.4, -0.2) is 70.1 Å². The highest BCUT2D eigenvalue weighted by molar-refractivity contribution is 8.44. The topological polar surface area (TPSA) is 213 Å². The number of alkyl halides is 1. The largest absolute Gasteiger partial charge is 0.386 e. The van der Waals surface area contributed by atoms with Crippen molar-refractivity contribution in [3.05, 3.63) is 29.3 Å². The molecule has 0 spiro atoms. The van der Waals surface area contributed by atoms with Gasteiger partial charge >= 0.3 is 6.80 Å². The van der Waals surface area contributed by atoms with Crippen molar-refractivity contribution in [3.63, 3.8) is 0 Å². The molecule has 6 rings (SSSR count). The van der Waals surface area contributed by atoms with Crippen LogP contribution in [-0.2, 0) is 23.1 Å². The number of aromatic amines is 1. The van der Waals surface area contributed by atoms with Crippen LogP contribution in [0, 0.1) is 0 Å². The lowest BCUT2D eigenvalue weighted by molar-refractivity contribution is -0.100. The number of rotatable bonds is 4. The maximum Gasteiger partial charge on any atom is 0.386 e. The molecule has 4 aromatic rings. The second-order valence-corrected chi connectivity index (χ2v) is 12.4. The van der Waals surface area contributed by atoms with Crippen LogP contribution in [0.15, 0.2) is 23.8 Å². The Morgan fingerprint density at radius 3 is 2.83 bits per heavy atom. The van der Waals surface area contributed by atoms with E-state index in [0.29, 0.717) is 17.6 Å². The van der Waals surface area contributed by atoms with Crippen LogP contribution >= 0.6 is 19.0 Å². The number of ether oxygens (including phenoxy) is 2. The molecule has 2 aliphatic heterocycles. The Kier molecular flexibility index (Phi) is 7.00. The van der Waals surface area contributed by atoms with Gasteiger partial charge in [0.05, 0.1) is 25.4 Å². The highest BCUT2D eigenvalue weighted by atomic mass is 32.7. The average molecular weight is 597 g/mol. The summed E-state index contributed by atoms with van der Waals surface area (Å²) in [6.45, 7) is -2.75. The fraction of sp³-hybridized carbons (Fsp3) is 0.524. The molecule has 0 amide bonds. The van der Waals surface area contributed by atoms with Gasteiger partial charge in [-0.05, 0) is 19.8 Å². The van der Waals surface area contributed by atoms with Gasteiger partial charge in [-0.15, -0.1) is 0 Å². The van der Waals surface area contributed by atoms with Crippen molar-refractivity contribution >= 4 is 53.1 Å². The fourth-order valence-corrected chi connectivity index (χ4v) is 6.45. The first-order valence-electron chi connectivity index (χ1n) is 12.4. The lowest BCUT2D eigenvalue weighted by Crippen LogP contribution is -2.33. The van der Waals surface area contributed by atoms with E-state index in [-0.39, 0.29) is 35.8 Å². The minimum Gasteiger partial charge on any atom is -0.382 e. The van der Waals surface area contributed by atoms with Crippen LogP contribution in [0.3, 0.4) is 0 Å². The Morgan fingerprint density at radius 1 is 1.20 bits per heavy atom. The number of hydrogen-bond acceptors (Lipinski definition) is 13. The standard InChI is InChI=1S/C21H26FN10O6PS/c1-9(31-7-27-14-16(23)25-6-26-17(14)31)36-13-5-35-39(34,40)38-12-4-10(2-3-11(13)22)37-20(12)32-8-28-15-18(32)29-21(24)30-19(15)33/h6-13,20H,2-5H2,1H3,(H,34,40)(H2,23,25,26)(H3,24,29,30,33)/t9-,10?,11?,12+,13?,20?,39?/m1/s1. The number of nitrogens with two attached hydrogens (primary N) is 2. The van der Waals surface area contributed by atoms with Crippen molar-refractivity contribution < 1.29 is 27.5 Å². The first-order chi connectivity index (χ1) is 19.1. The lowest BCUT2D eigenvalue weighted by Gasteiger charge is -2.28. The Bertz CT molecular complexity index is 1670. The highest BCUT2D eigenvalue weighted by Gasteiger charge is 2.43. The molecule has 40 heavy (non-hydrogen) atoms. The molecule has 2 bridgehead atoms. The van der Waals surface area contributed by atoms with Gasteiger partial charge in [-0.2, -0.15) is 4.98 Å². The van der Waals surface area contributed by atoms with E-state index in [2.05, 4.69) is 42.2 Å². The third kappa shape index (κ3) is 5.06. The van der Waals surface area contributed by atoms with E-state index in [1.54, 1.807) is 11.5 Å². The molecule has 4 aromatic heterocycles. The number of halogens is 1. The average Bonchev–Trinajstić information content (AvgIpc) is 3.61. The number of nitrogens with zero attached hydrogens (tertiary/aromatic N) is 7. The van der Waals surface area contributed by atoms with Gasteiger partial charge in [0.25, 0.3) is 5.56 Å². The van der Waals surface area contributed by atoms with E-state index in [0.717, 1.165) is 0 Å². The molecule has 2 aliphatic rings. The van der Waals surface area contributed by atoms with Crippen LogP contribution in [0.1, 0.15) is 38.6 Å². The zero-order valence-electron chi connectivity index (χ0n) is 21.0. The Balaban J connectivity index is 1.22. The van der Waals surface area contributed by atoms with E-state index in [1.807, 2.05) is 0 Å². The molecule has 5 N–H and O–H groups in total. The zero-order chi connectivity index (χ0) is 28.2. The number of nitrogen functional groups attached to an aromatic ring is 2. The smallest absolute Gasteiger partial charge is 0.382 e. The Hall–Kier alpha value is -3.15. The van der Waals surface area contributed by atoms with Crippen LogP contribution in [0.4, 0.5) is 16.2 Å². The van der Waals surface area contributed by atoms with E-state index in [9.17, 15) is 9.36 Å². The van der Waals surface area contributed by atoms with Crippen LogP contribution in [0.2, 0.25) is 0 Å². The normalized spacial score (nSPS) is 30.4. The maximum absolute atomic E-state index is 15.6. The third-order valence-corrected chi connectivity index (χ3v) is 8.50. The van der Waals surface area contributed by atoms with Crippen molar-refractivity contribution in [1.82, 2.24) is 39.0 Å². The summed E-state index contributed by atoms with van der Waals surface area (Å²) in [6, 6.07) is 0. The molecule has 2 fully saturated rings. The van der Waals surface area contributed by atoms with Crippen LogP contribution < -0.4 is 17.0 Å². The monoisotopic (exact) mass is 596 g/mol. The summed E-state index contributed by atoms with van der Waals surface area (Å²) < 4.78 is 55.4. The minimum atomic E-state index is -4.04. The van der Waals surface area contributed by atoms with Crippen molar-refractivity contribution in [2.45, 2.75) is 63.1 Å². The number of aromatic nitrogens is 8. The molecule has 214 valence electrons. The predicted octanol–water partition coefficient (Wildman–Crippen LogP) is 1.89. The van der Waals surface area contributed by atoms with Gasteiger partial charge in [-0.1, -0.05) is 12.2 Å². The lowest BCUT2D eigenvalue weighted by atomic mass is 10.0. The van der Waals surface area contributed by atoms with E-state index in [1.165, 1.54) is 23.5 Å². The van der Waals surface area contributed by atoms with Gasteiger partial charge < -0.3 is 20.9 Å². The molecule has 0 aromatic carbocycles. The van der Waals surface area contributed by atoms with Crippen molar-refractivity contribution in [3.8, 4) is 0 Å². The summed E-state index contributed by atoms with van der Waals surface area (Å²) in [5, 5.41) is 0. The first kappa shape index (κ1) is 27.0. The van der Waals surface area contributed by atoms with Gasteiger partial charge in [0.15, 0.2) is 28.9 Å². The third-order valence-electron chi connectivity index (χ3n) is 6.86. The first-order valence-corrected chi connectivity index (χ1v) is 15.0. The molecule has 16 nitrogen and oxygen atoms in total. The molecular formula is C21H26FN10O6PS. The van der Waals surface area contributed by atoms with Crippen molar-refractivity contribution in [2.24, 2.45) is 0 Å². The number of nitrogens with one attached hydrogen (secondary N) is 1. The Labute approximate surface area is 230 Å². The summed E-state index contributed by atoms with van der Waals surface area (Å²) in [7, 11) is 0. The summed E-state index contributed by atoms with van der Waals surface area (Å²) in [6.07, 6.45) is -0.845. The molecular weight excluding hydrogens is 570 g/mol. The van der Waals surface area contributed by atoms with Crippen molar-refractivity contribution in [1.29, 1.82) is 0 Å². The summed E-state index contributed by atoms with van der Waals surface area (Å²) >= 11 is 4.12. The molecule has 0 saturated carbocycles. The zero-order valence-corrected chi connectivity index (χ0v) is 22.8. The second kappa shape index (κ2) is 10.4. The van der Waals surface area contributed by atoms with E-state index >= 15 is 4.39 Å². The van der Waals surface area contributed by atoms with E-state index < -0.39 is 55.9 Å². The van der Waals surface area contributed by atoms with Gasteiger partial charge in [0.1, 0.15) is 36.5 Å². The molecule has 5 unspecified atom stereocenters. The molecule has 19 heteroatoms. The van der Waals surface area contributed by atoms with Crippen LogP contribution in [0.5, 0.6) is 0 Å². The summed E-state index contributed by atoms with van der Waals surface area (Å²) in [5.74, 6) is 0.0952. The summed E-state index contributed by atoms with van der Waals surface area (Å²) in [4.78, 5) is 35.2. The fourth-order valence-electron chi connectivity index (χ4n) is 4.95. The predicted molar refractivity (Wildman–Crippen MR) is 142 cm³/mol. The molecule has 6 heterocycles. The van der Waals surface area contributed by atoms with Gasteiger partial charge in [-0.3, -0.25) is 28.0 Å². The van der Waals surface area contributed by atoms with Gasteiger partial charge in [-0.25, -0.2) is 28.9 Å². The number of hydrogen-bond donors (Lipinski definition) is 4. The highest BCUT2D eigenvalue weighted by Crippen LogP contribution is 2.57. The van der Waals surface area contributed by atoms with Gasteiger partial charge in [0.2, 0.25) is 5.95 Å². The number of thiol groups is 1. The van der Waals surface area contributed by atoms with Gasteiger partial charge in [0, 0.05) is 6.42 Å². The molecule has 2 saturated heterocycles. The molecule has 0 aliphatic carbocycles. The van der Waals surface area contributed by atoms with E-state index in [4.69, 9.17) is 30.0 Å². The van der Waals surface area contributed by atoms with Crippen LogP contribution in [0.25, 0.3) is 22.3 Å². The quantitative estimate of drug-likeness (QED) is 0.196. The Morgan fingerprint density at radius 2 is 2.00 bits per heavy atom. The number of anilines is 2. The maximum atomic E-state index is 15.6.